The minimum absolute atomic E-state index is 0.0136. The first kappa shape index (κ1) is 16.7. The van der Waals surface area contributed by atoms with Crippen molar-refractivity contribution < 1.29 is 9.53 Å². The van der Waals surface area contributed by atoms with Crippen LogP contribution in [0.25, 0.3) is 0 Å². The lowest BCUT2D eigenvalue weighted by atomic mass is 10.2. The van der Waals surface area contributed by atoms with Crippen molar-refractivity contribution in [2.75, 3.05) is 24.6 Å². The Morgan fingerprint density at radius 3 is 2.67 bits per heavy atom. The van der Waals surface area contributed by atoms with Gasteiger partial charge in [0.05, 0.1) is 0 Å². The molecule has 0 unspecified atom stereocenters. The largest absolute Gasteiger partial charge is 0.484 e. The summed E-state index contributed by atoms with van der Waals surface area (Å²) < 4.78 is 5.47. The number of carbonyl (C=O) groups excluding carboxylic acids is 1. The van der Waals surface area contributed by atoms with Crippen molar-refractivity contribution in [1.29, 1.82) is 0 Å². The molecule has 1 N–H and O–H groups in total. The van der Waals surface area contributed by atoms with Crippen molar-refractivity contribution in [1.82, 2.24) is 5.32 Å². The highest BCUT2D eigenvalue weighted by atomic mass is 35.5. The molecule has 0 spiro atoms. The van der Waals surface area contributed by atoms with Gasteiger partial charge in [-0.05, 0) is 49.2 Å². The van der Waals surface area contributed by atoms with Crippen LogP contribution in [0.5, 0.6) is 5.75 Å². The van der Waals surface area contributed by atoms with Crippen LogP contribution in [-0.4, -0.2) is 31.6 Å². The van der Waals surface area contributed by atoms with Crippen molar-refractivity contribution in [3.05, 3.63) is 59.6 Å². The summed E-state index contributed by atoms with van der Waals surface area (Å²) in [4.78, 5) is 14.4. The first-order valence-corrected chi connectivity index (χ1v) is 8.57. The fourth-order valence-corrected chi connectivity index (χ4v) is 3.10. The molecule has 1 aliphatic heterocycles. The van der Waals surface area contributed by atoms with Gasteiger partial charge in [0.2, 0.25) is 0 Å². The molecule has 1 fully saturated rings. The summed E-state index contributed by atoms with van der Waals surface area (Å²) in [7, 11) is 0. The summed E-state index contributed by atoms with van der Waals surface area (Å²) in [5.74, 6) is 0.534. The molecule has 1 atom stereocenters. The highest BCUT2D eigenvalue weighted by molar-refractivity contribution is 6.30. The van der Waals surface area contributed by atoms with Crippen LogP contribution in [0.3, 0.4) is 0 Å². The molecule has 1 aliphatic rings. The van der Waals surface area contributed by atoms with Crippen molar-refractivity contribution in [2.45, 2.75) is 18.9 Å². The lowest BCUT2D eigenvalue weighted by Gasteiger charge is -2.27. The molecule has 3 rings (SSSR count). The SMILES string of the molecule is O=C(COc1ccc(Cl)cc1)NC[C@H]1CCCN1c1ccccc1. The summed E-state index contributed by atoms with van der Waals surface area (Å²) in [5, 5.41) is 3.62. The monoisotopic (exact) mass is 344 g/mol. The van der Waals surface area contributed by atoms with E-state index >= 15 is 0 Å². The lowest BCUT2D eigenvalue weighted by molar-refractivity contribution is -0.123. The summed E-state index contributed by atoms with van der Waals surface area (Å²) >= 11 is 5.82. The van der Waals surface area contributed by atoms with Gasteiger partial charge in [-0.1, -0.05) is 29.8 Å². The highest BCUT2D eigenvalue weighted by Gasteiger charge is 2.24. The van der Waals surface area contributed by atoms with Gasteiger partial charge in [0, 0.05) is 29.8 Å². The highest BCUT2D eigenvalue weighted by Crippen LogP contribution is 2.24. The fraction of sp³-hybridized carbons (Fsp3) is 0.316. The number of halogens is 1. The Morgan fingerprint density at radius 2 is 1.92 bits per heavy atom. The van der Waals surface area contributed by atoms with Gasteiger partial charge in [0.15, 0.2) is 6.61 Å². The van der Waals surface area contributed by atoms with Gasteiger partial charge in [-0.15, -0.1) is 0 Å². The number of anilines is 1. The zero-order valence-electron chi connectivity index (χ0n) is 13.5. The van der Waals surface area contributed by atoms with Gasteiger partial charge in [-0.3, -0.25) is 4.79 Å². The first-order valence-electron chi connectivity index (χ1n) is 8.19. The Kier molecular flexibility index (Phi) is 5.59. The van der Waals surface area contributed by atoms with E-state index in [1.807, 2.05) is 18.2 Å². The van der Waals surface area contributed by atoms with Crippen LogP contribution in [0.4, 0.5) is 5.69 Å². The van der Waals surface area contributed by atoms with Crippen LogP contribution in [0.15, 0.2) is 54.6 Å². The molecule has 1 heterocycles. The average Bonchev–Trinajstić information content (AvgIpc) is 3.09. The number of ether oxygens (including phenoxy) is 1. The van der Waals surface area contributed by atoms with Gasteiger partial charge in [0.25, 0.3) is 5.91 Å². The van der Waals surface area contributed by atoms with Gasteiger partial charge < -0.3 is 15.0 Å². The molecule has 126 valence electrons. The Balaban J connectivity index is 1.46. The molecule has 0 aromatic heterocycles. The third-order valence-corrected chi connectivity index (χ3v) is 4.44. The molecular formula is C19H21ClN2O2. The van der Waals surface area contributed by atoms with Gasteiger partial charge in [-0.2, -0.15) is 0 Å². The number of amides is 1. The number of nitrogens with one attached hydrogen (secondary N) is 1. The number of nitrogens with zero attached hydrogens (tertiary/aromatic N) is 1. The fourth-order valence-electron chi connectivity index (χ4n) is 2.97. The lowest BCUT2D eigenvalue weighted by Crippen LogP contribution is -2.41. The molecule has 0 aliphatic carbocycles. The Morgan fingerprint density at radius 1 is 1.17 bits per heavy atom. The molecule has 4 nitrogen and oxygen atoms in total. The average molecular weight is 345 g/mol. The maximum absolute atomic E-state index is 12.0. The van der Waals surface area contributed by atoms with E-state index in [1.165, 1.54) is 5.69 Å². The summed E-state index contributed by atoms with van der Waals surface area (Å²) in [6.45, 7) is 1.68. The predicted octanol–water partition coefficient (Wildman–Crippen LogP) is 3.50. The van der Waals surface area contributed by atoms with Crippen LogP contribution in [0.1, 0.15) is 12.8 Å². The van der Waals surface area contributed by atoms with Crippen LogP contribution in [0, 0.1) is 0 Å². The predicted molar refractivity (Wildman–Crippen MR) is 96.8 cm³/mol. The minimum atomic E-state index is -0.107. The number of rotatable bonds is 6. The van der Waals surface area contributed by atoms with E-state index in [2.05, 4.69) is 22.3 Å². The molecule has 1 saturated heterocycles. The first-order chi connectivity index (χ1) is 11.7. The van der Waals surface area contributed by atoms with Crippen molar-refractivity contribution in [2.24, 2.45) is 0 Å². The van der Waals surface area contributed by atoms with E-state index < -0.39 is 0 Å². The zero-order valence-corrected chi connectivity index (χ0v) is 14.2. The van der Waals surface area contributed by atoms with Crippen LogP contribution in [0.2, 0.25) is 5.02 Å². The second-order valence-electron chi connectivity index (χ2n) is 5.87. The van der Waals surface area contributed by atoms with Crippen LogP contribution >= 0.6 is 11.6 Å². The van der Waals surface area contributed by atoms with E-state index in [-0.39, 0.29) is 12.5 Å². The number of hydrogen-bond acceptors (Lipinski definition) is 3. The van der Waals surface area contributed by atoms with Crippen LogP contribution in [-0.2, 0) is 4.79 Å². The second-order valence-corrected chi connectivity index (χ2v) is 6.31. The van der Waals surface area contributed by atoms with Gasteiger partial charge in [0.1, 0.15) is 5.75 Å². The molecule has 2 aromatic rings. The number of benzene rings is 2. The molecule has 0 radical (unpaired) electrons. The maximum atomic E-state index is 12.0. The van der Waals surface area contributed by atoms with Crippen molar-refractivity contribution in [3.63, 3.8) is 0 Å². The van der Waals surface area contributed by atoms with E-state index in [9.17, 15) is 4.79 Å². The molecule has 1 amide bonds. The molecule has 5 heteroatoms. The Hall–Kier alpha value is -2.20. The molecule has 2 aromatic carbocycles. The summed E-state index contributed by atoms with van der Waals surface area (Å²) in [5.41, 5.74) is 1.21. The third kappa shape index (κ3) is 4.42. The smallest absolute Gasteiger partial charge is 0.258 e. The summed E-state index contributed by atoms with van der Waals surface area (Å²) in [6.07, 6.45) is 2.24. The number of hydrogen-bond donors (Lipinski definition) is 1. The molecule has 24 heavy (non-hydrogen) atoms. The van der Waals surface area contributed by atoms with Crippen molar-refractivity contribution >= 4 is 23.2 Å². The van der Waals surface area contributed by atoms with E-state index in [0.717, 1.165) is 19.4 Å². The third-order valence-electron chi connectivity index (χ3n) is 4.18. The maximum Gasteiger partial charge on any atom is 0.258 e. The van der Waals surface area contributed by atoms with E-state index in [0.29, 0.717) is 23.4 Å². The van der Waals surface area contributed by atoms with Crippen molar-refractivity contribution in [3.8, 4) is 5.75 Å². The Labute approximate surface area is 147 Å². The standard InChI is InChI=1S/C19H21ClN2O2/c20-15-8-10-18(11-9-15)24-14-19(23)21-13-17-7-4-12-22(17)16-5-2-1-3-6-16/h1-3,5-6,8-11,17H,4,7,12-14H2,(H,21,23)/t17-/m1/s1. The number of para-hydroxylation sites is 1. The molecule has 0 bridgehead atoms. The quantitative estimate of drug-likeness (QED) is 0.872. The van der Waals surface area contributed by atoms with Gasteiger partial charge in [-0.25, -0.2) is 0 Å². The normalized spacial score (nSPS) is 16.9. The zero-order chi connectivity index (χ0) is 16.8. The number of carbonyl (C=O) groups is 1. The summed E-state index contributed by atoms with van der Waals surface area (Å²) in [6, 6.07) is 17.7. The van der Waals surface area contributed by atoms with Gasteiger partial charge >= 0.3 is 0 Å². The molecule has 0 saturated carbocycles. The van der Waals surface area contributed by atoms with E-state index in [1.54, 1.807) is 24.3 Å². The second kappa shape index (κ2) is 8.06. The minimum Gasteiger partial charge on any atom is -0.484 e. The van der Waals surface area contributed by atoms with E-state index in [4.69, 9.17) is 16.3 Å². The Bertz CT molecular complexity index is 661. The topological polar surface area (TPSA) is 41.6 Å². The molecular weight excluding hydrogens is 324 g/mol. The van der Waals surface area contributed by atoms with Crippen LogP contribution < -0.4 is 15.0 Å².